The molecule has 0 bridgehead atoms. The van der Waals surface area contributed by atoms with E-state index in [0.717, 1.165) is 5.56 Å². The van der Waals surface area contributed by atoms with E-state index < -0.39 is 24.7 Å². The minimum absolute atomic E-state index is 0.0217. The van der Waals surface area contributed by atoms with Crippen LogP contribution in [-0.2, 0) is 11.2 Å². The first-order valence-corrected chi connectivity index (χ1v) is 7.33. The van der Waals surface area contributed by atoms with Crippen molar-refractivity contribution >= 4 is 5.97 Å². The molecular weight excluding hydrogens is 297 g/mol. The number of aliphatic hydroxyl groups is 1. The van der Waals surface area contributed by atoms with Crippen LogP contribution >= 0.6 is 0 Å². The summed E-state index contributed by atoms with van der Waals surface area (Å²) in [5.74, 6) is -0.828. The van der Waals surface area contributed by atoms with Crippen molar-refractivity contribution in [2.75, 3.05) is 0 Å². The highest BCUT2D eigenvalue weighted by molar-refractivity contribution is 5.66. The first-order chi connectivity index (χ1) is 10.3. The van der Waals surface area contributed by atoms with Gasteiger partial charge in [-0.3, -0.25) is 4.79 Å². The highest BCUT2D eigenvalue weighted by Gasteiger charge is 2.26. The second kappa shape index (κ2) is 8.78. The number of aliphatic carboxylic acids is 1. The van der Waals surface area contributed by atoms with Gasteiger partial charge in [0.15, 0.2) is 0 Å². The molecule has 3 nitrogen and oxygen atoms in total. The largest absolute Gasteiger partial charge is 0.481 e. The molecule has 0 fully saturated rings. The van der Waals surface area contributed by atoms with Crippen LogP contribution in [-0.4, -0.2) is 22.4 Å². The Labute approximate surface area is 127 Å². The zero-order valence-corrected chi connectivity index (χ0v) is 12.3. The van der Waals surface area contributed by atoms with E-state index in [1.165, 1.54) is 0 Å². The number of carboxylic acids is 1. The van der Waals surface area contributed by atoms with Crippen molar-refractivity contribution < 1.29 is 28.2 Å². The Hall–Kier alpha value is -1.56. The Morgan fingerprint density at radius 3 is 2.27 bits per heavy atom. The van der Waals surface area contributed by atoms with Gasteiger partial charge in [0.25, 0.3) is 0 Å². The van der Waals surface area contributed by atoms with Crippen LogP contribution < -0.4 is 0 Å². The van der Waals surface area contributed by atoms with Crippen LogP contribution in [0.4, 0.5) is 13.2 Å². The maximum absolute atomic E-state index is 12.0. The first kappa shape index (κ1) is 18.5. The third-order valence-corrected chi connectivity index (χ3v) is 3.41. The molecule has 0 aliphatic carbocycles. The van der Waals surface area contributed by atoms with Crippen molar-refractivity contribution in [3.05, 3.63) is 35.4 Å². The van der Waals surface area contributed by atoms with Crippen molar-refractivity contribution in [1.82, 2.24) is 0 Å². The molecule has 1 atom stereocenters. The molecule has 0 radical (unpaired) electrons. The standard InChI is InChI=1S/C16H21F3O3/c17-16(18,19)11-2-1-5-14(20)13-9-7-12(8-10-13)4-3-6-15(21)22/h7-10,14,20H,1-6,11H2,(H,21,22). The molecule has 1 aromatic carbocycles. The van der Waals surface area contributed by atoms with Gasteiger partial charge >= 0.3 is 12.1 Å². The molecule has 1 rings (SSSR count). The third-order valence-electron chi connectivity index (χ3n) is 3.41. The first-order valence-electron chi connectivity index (χ1n) is 7.33. The number of halogens is 3. The van der Waals surface area contributed by atoms with Crippen molar-refractivity contribution in [3.63, 3.8) is 0 Å². The molecule has 0 saturated heterocycles. The Morgan fingerprint density at radius 1 is 1.09 bits per heavy atom. The Kier molecular flexibility index (Phi) is 7.38. The smallest absolute Gasteiger partial charge is 0.389 e. The minimum Gasteiger partial charge on any atom is -0.481 e. The average molecular weight is 318 g/mol. The molecule has 0 spiro atoms. The summed E-state index contributed by atoms with van der Waals surface area (Å²) in [4.78, 5) is 10.4. The molecule has 22 heavy (non-hydrogen) atoms. The van der Waals surface area contributed by atoms with Gasteiger partial charge in [0, 0.05) is 12.8 Å². The van der Waals surface area contributed by atoms with Crippen LogP contribution in [0.1, 0.15) is 55.8 Å². The number of carbonyl (C=O) groups is 1. The number of aliphatic hydroxyl groups excluding tert-OH is 1. The number of hydrogen-bond acceptors (Lipinski definition) is 2. The fourth-order valence-electron chi connectivity index (χ4n) is 2.18. The van der Waals surface area contributed by atoms with Crippen molar-refractivity contribution in [2.45, 2.75) is 57.2 Å². The molecule has 6 heteroatoms. The van der Waals surface area contributed by atoms with E-state index in [1.807, 2.05) is 12.1 Å². The molecule has 0 amide bonds. The summed E-state index contributed by atoms with van der Waals surface area (Å²) in [7, 11) is 0. The lowest BCUT2D eigenvalue weighted by molar-refractivity contribution is -0.137. The van der Waals surface area contributed by atoms with Gasteiger partial charge < -0.3 is 10.2 Å². The molecule has 0 heterocycles. The SMILES string of the molecule is O=C(O)CCCc1ccc(C(O)CCCCC(F)(F)F)cc1. The summed E-state index contributed by atoms with van der Waals surface area (Å²) < 4.78 is 36.0. The van der Waals surface area contributed by atoms with E-state index in [4.69, 9.17) is 5.11 Å². The van der Waals surface area contributed by atoms with Crippen LogP contribution in [0.2, 0.25) is 0 Å². The second-order valence-corrected chi connectivity index (χ2v) is 5.37. The quantitative estimate of drug-likeness (QED) is 0.669. The predicted octanol–water partition coefficient (Wildman–Crippen LogP) is 4.25. The Bertz CT molecular complexity index is 455. The molecule has 1 aromatic rings. The lowest BCUT2D eigenvalue weighted by atomic mass is 10.00. The summed E-state index contributed by atoms with van der Waals surface area (Å²) >= 11 is 0. The molecule has 124 valence electrons. The number of carboxylic acid groups (broad SMARTS) is 1. The number of alkyl halides is 3. The molecule has 0 aromatic heterocycles. The van der Waals surface area contributed by atoms with Gasteiger partial charge in [-0.15, -0.1) is 0 Å². The van der Waals surface area contributed by atoms with E-state index >= 15 is 0 Å². The van der Waals surface area contributed by atoms with Crippen LogP contribution in [0.5, 0.6) is 0 Å². The minimum atomic E-state index is -4.14. The molecule has 1 unspecified atom stereocenters. The van der Waals surface area contributed by atoms with E-state index in [0.29, 0.717) is 31.2 Å². The Morgan fingerprint density at radius 2 is 1.73 bits per heavy atom. The number of unbranched alkanes of at least 4 members (excludes halogenated alkanes) is 1. The van der Waals surface area contributed by atoms with Gasteiger partial charge in [0.1, 0.15) is 0 Å². The van der Waals surface area contributed by atoms with Crippen molar-refractivity contribution in [1.29, 1.82) is 0 Å². The van der Waals surface area contributed by atoms with Gasteiger partial charge in [-0.2, -0.15) is 13.2 Å². The van der Waals surface area contributed by atoms with Crippen molar-refractivity contribution in [3.8, 4) is 0 Å². The van der Waals surface area contributed by atoms with Crippen LogP contribution in [0, 0.1) is 0 Å². The lowest BCUT2D eigenvalue weighted by Crippen LogP contribution is -2.07. The number of hydrogen-bond donors (Lipinski definition) is 2. The molecule has 0 saturated carbocycles. The van der Waals surface area contributed by atoms with Crippen LogP contribution in [0.25, 0.3) is 0 Å². The van der Waals surface area contributed by atoms with E-state index in [-0.39, 0.29) is 12.8 Å². The van der Waals surface area contributed by atoms with Gasteiger partial charge in [-0.25, -0.2) is 0 Å². The van der Waals surface area contributed by atoms with Crippen molar-refractivity contribution in [2.24, 2.45) is 0 Å². The van der Waals surface area contributed by atoms with E-state index in [1.54, 1.807) is 12.1 Å². The zero-order valence-electron chi connectivity index (χ0n) is 12.3. The van der Waals surface area contributed by atoms with Crippen LogP contribution in [0.15, 0.2) is 24.3 Å². The number of benzene rings is 1. The highest BCUT2D eigenvalue weighted by Crippen LogP contribution is 2.25. The second-order valence-electron chi connectivity index (χ2n) is 5.37. The molecular formula is C16H21F3O3. The maximum Gasteiger partial charge on any atom is 0.389 e. The summed E-state index contributed by atoms with van der Waals surface area (Å²) in [5, 5.41) is 18.5. The van der Waals surface area contributed by atoms with Crippen LogP contribution in [0.3, 0.4) is 0 Å². The average Bonchev–Trinajstić information content (AvgIpc) is 2.43. The van der Waals surface area contributed by atoms with Gasteiger partial charge in [0.05, 0.1) is 6.10 Å². The number of aryl methyl sites for hydroxylation is 1. The number of rotatable bonds is 9. The fourth-order valence-corrected chi connectivity index (χ4v) is 2.18. The fraction of sp³-hybridized carbons (Fsp3) is 0.562. The third kappa shape index (κ3) is 8.02. The van der Waals surface area contributed by atoms with Gasteiger partial charge in [-0.05, 0) is 36.8 Å². The van der Waals surface area contributed by atoms with E-state index in [2.05, 4.69) is 0 Å². The lowest BCUT2D eigenvalue weighted by Gasteiger charge is -2.12. The molecule has 0 aliphatic heterocycles. The molecule has 2 N–H and O–H groups in total. The topological polar surface area (TPSA) is 57.5 Å². The maximum atomic E-state index is 12.0. The predicted molar refractivity (Wildman–Crippen MR) is 76.5 cm³/mol. The molecule has 0 aliphatic rings. The highest BCUT2D eigenvalue weighted by atomic mass is 19.4. The summed E-state index contributed by atoms with van der Waals surface area (Å²) in [6.45, 7) is 0. The summed E-state index contributed by atoms with van der Waals surface area (Å²) in [6, 6.07) is 7.11. The Balaban J connectivity index is 2.34. The summed E-state index contributed by atoms with van der Waals surface area (Å²) in [6.07, 6.45) is -3.76. The normalized spacial score (nSPS) is 13.1. The van der Waals surface area contributed by atoms with E-state index in [9.17, 15) is 23.1 Å². The monoisotopic (exact) mass is 318 g/mol. The zero-order chi connectivity index (χ0) is 16.6. The van der Waals surface area contributed by atoms with Gasteiger partial charge in [-0.1, -0.05) is 30.7 Å². The summed E-state index contributed by atoms with van der Waals surface area (Å²) in [5.41, 5.74) is 1.66. The van der Waals surface area contributed by atoms with Gasteiger partial charge in [0.2, 0.25) is 0 Å².